The van der Waals surface area contributed by atoms with Crippen molar-refractivity contribution in [3.63, 3.8) is 0 Å². The van der Waals surface area contributed by atoms with Gasteiger partial charge in [0.2, 0.25) is 0 Å². The molecule has 0 aliphatic carbocycles. The van der Waals surface area contributed by atoms with Gasteiger partial charge in [-0.3, -0.25) is 0 Å². The maximum absolute atomic E-state index is 12.4. The van der Waals surface area contributed by atoms with E-state index in [0.717, 1.165) is 18.6 Å². The number of ether oxygens (including phenoxy) is 1. The van der Waals surface area contributed by atoms with E-state index in [1.807, 2.05) is 0 Å². The van der Waals surface area contributed by atoms with Crippen molar-refractivity contribution in [2.45, 2.75) is 18.6 Å². The Balaban J connectivity index is 2.09. The Labute approximate surface area is 91.4 Å². The van der Waals surface area contributed by atoms with Gasteiger partial charge in [-0.25, -0.2) is 0 Å². The molecule has 1 atom stereocenters. The fraction of sp³-hybridized carbons (Fsp3) is 0.455. The third-order valence-electron chi connectivity index (χ3n) is 2.49. The van der Waals surface area contributed by atoms with E-state index in [4.69, 9.17) is 4.74 Å². The monoisotopic (exact) mass is 231 g/mol. The molecule has 1 N–H and O–H groups in total. The maximum atomic E-state index is 12.4. The maximum Gasteiger partial charge on any atom is 0.416 e. The average Bonchev–Trinajstić information content (AvgIpc) is 2.70. The topological polar surface area (TPSA) is 21.3 Å². The van der Waals surface area contributed by atoms with Crippen LogP contribution in [0.1, 0.15) is 12.0 Å². The van der Waals surface area contributed by atoms with E-state index in [1.165, 1.54) is 6.07 Å². The summed E-state index contributed by atoms with van der Waals surface area (Å²) in [5, 5.41) is 3.03. The fourth-order valence-electron chi connectivity index (χ4n) is 1.67. The van der Waals surface area contributed by atoms with Crippen LogP contribution in [0.25, 0.3) is 0 Å². The molecule has 1 aliphatic rings. The van der Waals surface area contributed by atoms with Crippen LogP contribution in [0.3, 0.4) is 0 Å². The minimum absolute atomic E-state index is 0.114. The van der Waals surface area contributed by atoms with Crippen molar-refractivity contribution >= 4 is 5.69 Å². The van der Waals surface area contributed by atoms with Crippen LogP contribution in [0.4, 0.5) is 18.9 Å². The smallest absolute Gasteiger partial charge is 0.380 e. The van der Waals surface area contributed by atoms with Crippen LogP contribution in [0.15, 0.2) is 24.3 Å². The number of hydrogen-bond donors (Lipinski definition) is 1. The van der Waals surface area contributed by atoms with Crippen molar-refractivity contribution < 1.29 is 17.9 Å². The summed E-state index contributed by atoms with van der Waals surface area (Å²) in [6.45, 7) is 1.22. The van der Waals surface area contributed by atoms with Gasteiger partial charge in [-0.05, 0) is 24.6 Å². The van der Waals surface area contributed by atoms with Gasteiger partial charge in [0.15, 0.2) is 0 Å². The number of halogens is 3. The van der Waals surface area contributed by atoms with E-state index < -0.39 is 11.7 Å². The van der Waals surface area contributed by atoms with Crippen molar-refractivity contribution in [2.24, 2.45) is 0 Å². The molecule has 0 saturated carbocycles. The van der Waals surface area contributed by atoms with E-state index in [-0.39, 0.29) is 6.04 Å². The molecule has 0 aromatic heterocycles. The van der Waals surface area contributed by atoms with Crippen LogP contribution in [0.2, 0.25) is 0 Å². The first-order valence-corrected chi connectivity index (χ1v) is 5.07. The number of hydrogen-bond acceptors (Lipinski definition) is 2. The molecule has 1 aromatic rings. The van der Waals surface area contributed by atoms with E-state index >= 15 is 0 Å². The summed E-state index contributed by atoms with van der Waals surface area (Å²) in [5.74, 6) is 0. The molecule has 88 valence electrons. The molecular formula is C11H12F3NO. The third kappa shape index (κ3) is 2.66. The lowest BCUT2D eigenvalue weighted by atomic mass is 10.1. The minimum Gasteiger partial charge on any atom is -0.380 e. The molecule has 1 saturated heterocycles. The van der Waals surface area contributed by atoms with Crippen LogP contribution >= 0.6 is 0 Å². The Kier molecular flexibility index (Phi) is 3.05. The minimum atomic E-state index is -4.29. The Morgan fingerprint density at radius 2 is 2.12 bits per heavy atom. The first kappa shape index (κ1) is 11.3. The van der Waals surface area contributed by atoms with Gasteiger partial charge in [-0.15, -0.1) is 0 Å². The molecule has 1 unspecified atom stereocenters. The van der Waals surface area contributed by atoms with Gasteiger partial charge in [-0.1, -0.05) is 6.07 Å². The predicted molar refractivity (Wildman–Crippen MR) is 54.3 cm³/mol. The molecule has 1 fully saturated rings. The fourth-order valence-corrected chi connectivity index (χ4v) is 1.67. The molecule has 1 aromatic carbocycles. The quantitative estimate of drug-likeness (QED) is 0.845. The molecule has 2 nitrogen and oxygen atoms in total. The van der Waals surface area contributed by atoms with Gasteiger partial charge in [-0.2, -0.15) is 13.2 Å². The summed E-state index contributed by atoms with van der Waals surface area (Å²) in [7, 11) is 0. The first-order chi connectivity index (χ1) is 7.55. The highest BCUT2D eigenvalue weighted by atomic mass is 19.4. The number of nitrogens with one attached hydrogen (secondary N) is 1. The zero-order chi connectivity index (χ0) is 11.6. The molecule has 16 heavy (non-hydrogen) atoms. The summed E-state index contributed by atoms with van der Waals surface area (Å²) in [5.41, 5.74) is -0.137. The second-order valence-corrected chi connectivity index (χ2v) is 3.78. The highest BCUT2D eigenvalue weighted by molar-refractivity contribution is 5.47. The largest absolute Gasteiger partial charge is 0.416 e. The van der Waals surface area contributed by atoms with E-state index in [0.29, 0.717) is 18.9 Å². The summed E-state index contributed by atoms with van der Waals surface area (Å²) >= 11 is 0. The molecular weight excluding hydrogens is 219 g/mol. The van der Waals surface area contributed by atoms with Gasteiger partial charge < -0.3 is 10.1 Å². The van der Waals surface area contributed by atoms with Gasteiger partial charge in [0.25, 0.3) is 0 Å². The highest BCUT2D eigenvalue weighted by Gasteiger charge is 2.30. The van der Waals surface area contributed by atoms with Gasteiger partial charge in [0.05, 0.1) is 18.2 Å². The van der Waals surface area contributed by atoms with Crippen LogP contribution in [0.5, 0.6) is 0 Å². The Hall–Kier alpha value is -1.23. The predicted octanol–water partition coefficient (Wildman–Crippen LogP) is 2.91. The molecule has 0 bridgehead atoms. The van der Waals surface area contributed by atoms with Crippen molar-refractivity contribution in [1.82, 2.24) is 0 Å². The summed E-state index contributed by atoms with van der Waals surface area (Å²) in [6, 6.07) is 5.34. The van der Waals surface area contributed by atoms with Gasteiger partial charge in [0, 0.05) is 12.3 Å². The Bertz CT molecular complexity index is 358. The summed E-state index contributed by atoms with van der Waals surface area (Å²) in [6.07, 6.45) is -3.46. The average molecular weight is 231 g/mol. The third-order valence-corrected chi connectivity index (χ3v) is 2.49. The molecule has 0 radical (unpaired) electrons. The summed E-state index contributed by atoms with van der Waals surface area (Å²) < 4.78 is 42.4. The lowest BCUT2D eigenvalue weighted by Crippen LogP contribution is -2.19. The van der Waals surface area contributed by atoms with Crippen molar-refractivity contribution in [3.05, 3.63) is 29.8 Å². The molecule has 0 spiro atoms. The van der Waals surface area contributed by atoms with Crippen LogP contribution < -0.4 is 5.32 Å². The lowest BCUT2D eigenvalue weighted by Gasteiger charge is -2.14. The molecule has 0 amide bonds. The number of anilines is 1. The standard InChI is InChI=1S/C11H12F3NO/c12-11(13,14)8-2-1-3-9(6-8)15-10-4-5-16-7-10/h1-3,6,10,15H,4-5,7H2. The van der Waals surface area contributed by atoms with Crippen LogP contribution in [-0.2, 0) is 10.9 Å². The Morgan fingerprint density at radius 3 is 2.75 bits per heavy atom. The second-order valence-electron chi connectivity index (χ2n) is 3.78. The number of alkyl halides is 3. The van der Waals surface area contributed by atoms with Crippen molar-refractivity contribution in [1.29, 1.82) is 0 Å². The Morgan fingerprint density at radius 1 is 1.31 bits per heavy atom. The molecule has 1 heterocycles. The molecule has 5 heteroatoms. The number of rotatable bonds is 2. The highest BCUT2D eigenvalue weighted by Crippen LogP contribution is 2.30. The molecule has 1 aliphatic heterocycles. The van der Waals surface area contributed by atoms with Crippen LogP contribution in [-0.4, -0.2) is 19.3 Å². The van der Waals surface area contributed by atoms with Crippen molar-refractivity contribution in [2.75, 3.05) is 18.5 Å². The van der Waals surface area contributed by atoms with Gasteiger partial charge >= 0.3 is 6.18 Å². The SMILES string of the molecule is FC(F)(F)c1cccc(NC2CCOC2)c1. The zero-order valence-corrected chi connectivity index (χ0v) is 8.55. The normalized spacial score (nSPS) is 21.1. The van der Waals surface area contributed by atoms with Crippen molar-refractivity contribution in [3.8, 4) is 0 Å². The number of benzene rings is 1. The zero-order valence-electron chi connectivity index (χ0n) is 8.55. The molecule has 2 rings (SSSR count). The van der Waals surface area contributed by atoms with Crippen LogP contribution in [0, 0.1) is 0 Å². The summed E-state index contributed by atoms with van der Waals surface area (Å²) in [4.78, 5) is 0. The second kappa shape index (κ2) is 4.33. The first-order valence-electron chi connectivity index (χ1n) is 5.07. The van der Waals surface area contributed by atoms with E-state index in [1.54, 1.807) is 6.07 Å². The van der Waals surface area contributed by atoms with E-state index in [2.05, 4.69) is 5.32 Å². The lowest BCUT2D eigenvalue weighted by molar-refractivity contribution is -0.137. The van der Waals surface area contributed by atoms with E-state index in [9.17, 15) is 13.2 Å². The van der Waals surface area contributed by atoms with Gasteiger partial charge in [0.1, 0.15) is 0 Å².